The van der Waals surface area contributed by atoms with Crippen LogP contribution in [0.15, 0.2) is 42.7 Å². The standard InChI is InChI=1S/C15H13N5OS/c1-9-11(10-5-3-2-4-6-10)19-15(22-9)20-14(21)12-13(16)18-8-7-17-12/h2-8H,1H3,(H2,16,18)(H,19,20,21). The number of nitrogen functional groups attached to an aromatic ring is 1. The van der Waals surface area contributed by atoms with Crippen LogP contribution in [0.25, 0.3) is 11.3 Å². The molecule has 0 atom stereocenters. The molecule has 0 aliphatic heterocycles. The topological polar surface area (TPSA) is 93.8 Å². The van der Waals surface area contributed by atoms with Gasteiger partial charge in [-0.1, -0.05) is 30.3 Å². The molecule has 2 heterocycles. The van der Waals surface area contributed by atoms with Crippen molar-refractivity contribution in [1.82, 2.24) is 15.0 Å². The van der Waals surface area contributed by atoms with E-state index in [1.807, 2.05) is 37.3 Å². The number of benzene rings is 1. The molecule has 1 aromatic carbocycles. The van der Waals surface area contributed by atoms with Crippen LogP contribution in [-0.4, -0.2) is 20.9 Å². The minimum atomic E-state index is -0.418. The van der Waals surface area contributed by atoms with Gasteiger partial charge < -0.3 is 5.73 Å². The highest BCUT2D eigenvalue weighted by Crippen LogP contribution is 2.30. The Hall–Kier alpha value is -2.80. The van der Waals surface area contributed by atoms with Crippen molar-refractivity contribution in [2.45, 2.75) is 6.92 Å². The minimum Gasteiger partial charge on any atom is -0.382 e. The molecule has 0 saturated heterocycles. The SMILES string of the molecule is Cc1sc(NC(=O)c2nccnc2N)nc1-c1ccccc1. The van der Waals surface area contributed by atoms with Gasteiger partial charge in [0.1, 0.15) is 0 Å². The molecule has 3 rings (SSSR count). The summed E-state index contributed by atoms with van der Waals surface area (Å²) >= 11 is 1.41. The number of hydrogen-bond acceptors (Lipinski definition) is 6. The lowest BCUT2D eigenvalue weighted by Gasteiger charge is -2.02. The molecule has 3 aromatic rings. The number of amides is 1. The summed E-state index contributed by atoms with van der Waals surface area (Å²) in [4.78, 5) is 25.4. The number of thiazole rings is 1. The molecule has 0 saturated carbocycles. The van der Waals surface area contributed by atoms with Crippen molar-refractivity contribution in [3.8, 4) is 11.3 Å². The Morgan fingerprint density at radius 2 is 1.91 bits per heavy atom. The van der Waals surface area contributed by atoms with Crippen LogP contribution in [0.1, 0.15) is 15.4 Å². The van der Waals surface area contributed by atoms with E-state index in [0.717, 1.165) is 16.1 Å². The van der Waals surface area contributed by atoms with Crippen LogP contribution < -0.4 is 11.1 Å². The van der Waals surface area contributed by atoms with Crippen LogP contribution >= 0.6 is 11.3 Å². The second kappa shape index (κ2) is 5.90. The van der Waals surface area contributed by atoms with Crippen molar-refractivity contribution in [3.05, 3.63) is 53.3 Å². The van der Waals surface area contributed by atoms with Gasteiger partial charge in [-0.25, -0.2) is 15.0 Å². The number of aryl methyl sites for hydroxylation is 1. The highest BCUT2D eigenvalue weighted by atomic mass is 32.1. The monoisotopic (exact) mass is 311 g/mol. The van der Waals surface area contributed by atoms with Gasteiger partial charge in [0, 0.05) is 22.8 Å². The number of nitrogens with one attached hydrogen (secondary N) is 1. The van der Waals surface area contributed by atoms with E-state index in [2.05, 4.69) is 20.3 Å². The zero-order valence-electron chi connectivity index (χ0n) is 11.8. The van der Waals surface area contributed by atoms with E-state index in [-0.39, 0.29) is 11.5 Å². The Balaban J connectivity index is 1.86. The lowest BCUT2D eigenvalue weighted by molar-refractivity contribution is 0.102. The van der Waals surface area contributed by atoms with Crippen LogP contribution in [0, 0.1) is 6.92 Å². The normalized spacial score (nSPS) is 10.4. The summed E-state index contributed by atoms with van der Waals surface area (Å²) in [6, 6.07) is 9.81. The molecule has 0 bridgehead atoms. The Labute approximate surface area is 131 Å². The molecule has 0 unspecified atom stereocenters. The van der Waals surface area contributed by atoms with Gasteiger partial charge in [0.2, 0.25) is 0 Å². The number of rotatable bonds is 3. The summed E-state index contributed by atoms with van der Waals surface area (Å²) in [5.41, 5.74) is 7.61. The van der Waals surface area contributed by atoms with E-state index >= 15 is 0 Å². The highest BCUT2D eigenvalue weighted by molar-refractivity contribution is 7.16. The number of hydrogen-bond donors (Lipinski definition) is 2. The van der Waals surface area contributed by atoms with E-state index in [1.54, 1.807) is 0 Å². The molecule has 0 radical (unpaired) electrons. The number of nitrogens with two attached hydrogens (primary N) is 1. The van der Waals surface area contributed by atoms with Gasteiger partial charge >= 0.3 is 0 Å². The Kier molecular flexibility index (Phi) is 3.80. The smallest absolute Gasteiger partial charge is 0.279 e. The summed E-state index contributed by atoms with van der Waals surface area (Å²) in [5.74, 6) is -0.324. The predicted octanol–water partition coefficient (Wildman–Crippen LogP) is 2.74. The van der Waals surface area contributed by atoms with Gasteiger partial charge in [0.05, 0.1) is 5.69 Å². The first kappa shape index (κ1) is 14.2. The second-order valence-corrected chi connectivity index (χ2v) is 5.74. The third-order valence-electron chi connectivity index (χ3n) is 3.01. The van der Waals surface area contributed by atoms with Gasteiger partial charge in [0.15, 0.2) is 16.6 Å². The first-order chi connectivity index (χ1) is 10.6. The maximum Gasteiger partial charge on any atom is 0.279 e. The zero-order valence-corrected chi connectivity index (χ0v) is 12.6. The van der Waals surface area contributed by atoms with Gasteiger partial charge in [-0.05, 0) is 6.92 Å². The number of aromatic nitrogens is 3. The van der Waals surface area contributed by atoms with E-state index in [1.165, 1.54) is 23.7 Å². The van der Waals surface area contributed by atoms with Crippen molar-refractivity contribution < 1.29 is 4.79 Å². The zero-order chi connectivity index (χ0) is 15.5. The quantitative estimate of drug-likeness (QED) is 0.775. The van der Waals surface area contributed by atoms with E-state index in [4.69, 9.17) is 5.73 Å². The largest absolute Gasteiger partial charge is 0.382 e. The third kappa shape index (κ3) is 2.79. The molecule has 0 fully saturated rings. The average molecular weight is 311 g/mol. The van der Waals surface area contributed by atoms with Crippen LogP contribution in [0.3, 0.4) is 0 Å². The number of nitrogens with zero attached hydrogens (tertiary/aromatic N) is 3. The molecule has 6 nitrogen and oxygen atoms in total. The van der Waals surface area contributed by atoms with Crippen LogP contribution in [0.5, 0.6) is 0 Å². The van der Waals surface area contributed by atoms with Gasteiger partial charge in [-0.15, -0.1) is 11.3 Å². The van der Waals surface area contributed by atoms with E-state index in [9.17, 15) is 4.79 Å². The fourth-order valence-electron chi connectivity index (χ4n) is 1.99. The summed E-state index contributed by atoms with van der Waals surface area (Å²) in [6.07, 6.45) is 2.86. The maximum atomic E-state index is 12.2. The predicted molar refractivity (Wildman–Crippen MR) is 86.7 cm³/mol. The first-order valence-corrected chi connectivity index (χ1v) is 7.37. The lowest BCUT2D eigenvalue weighted by Crippen LogP contribution is -2.16. The fourth-order valence-corrected chi connectivity index (χ4v) is 2.82. The molecule has 3 N–H and O–H groups in total. The first-order valence-electron chi connectivity index (χ1n) is 6.56. The summed E-state index contributed by atoms with van der Waals surface area (Å²) < 4.78 is 0. The van der Waals surface area contributed by atoms with Crippen LogP contribution in [0.4, 0.5) is 10.9 Å². The van der Waals surface area contributed by atoms with Crippen LogP contribution in [-0.2, 0) is 0 Å². The Morgan fingerprint density at radius 3 is 2.64 bits per heavy atom. The van der Waals surface area contributed by atoms with E-state index in [0.29, 0.717) is 5.13 Å². The van der Waals surface area contributed by atoms with Crippen molar-refractivity contribution in [3.63, 3.8) is 0 Å². The lowest BCUT2D eigenvalue weighted by atomic mass is 10.1. The molecule has 2 aromatic heterocycles. The summed E-state index contributed by atoms with van der Waals surface area (Å²) in [5, 5.41) is 3.22. The number of carbonyl (C=O) groups excluding carboxylic acids is 1. The van der Waals surface area contributed by atoms with Gasteiger partial charge in [-0.3, -0.25) is 10.1 Å². The molecule has 0 spiro atoms. The molecule has 22 heavy (non-hydrogen) atoms. The molecule has 0 aliphatic carbocycles. The van der Waals surface area contributed by atoms with Crippen LogP contribution in [0.2, 0.25) is 0 Å². The summed E-state index contributed by atoms with van der Waals surface area (Å²) in [7, 11) is 0. The number of anilines is 2. The Morgan fingerprint density at radius 1 is 1.18 bits per heavy atom. The van der Waals surface area contributed by atoms with Crippen molar-refractivity contribution in [2.75, 3.05) is 11.1 Å². The highest BCUT2D eigenvalue weighted by Gasteiger charge is 2.16. The average Bonchev–Trinajstić information content (AvgIpc) is 2.89. The fraction of sp³-hybridized carbons (Fsp3) is 0.0667. The van der Waals surface area contributed by atoms with Crippen molar-refractivity contribution >= 4 is 28.2 Å². The van der Waals surface area contributed by atoms with E-state index < -0.39 is 5.91 Å². The summed E-state index contributed by atoms with van der Waals surface area (Å²) in [6.45, 7) is 1.96. The molecule has 7 heteroatoms. The van der Waals surface area contributed by atoms with Crippen molar-refractivity contribution in [1.29, 1.82) is 0 Å². The Bertz CT molecular complexity index is 816. The molecular weight excluding hydrogens is 298 g/mol. The number of carbonyl (C=O) groups is 1. The molecule has 1 amide bonds. The molecule has 0 aliphatic rings. The maximum absolute atomic E-state index is 12.2. The van der Waals surface area contributed by atoms with Crippen molar-refractivity contribution in [2.24, 2.45) is 0 Å². The minimum absolute atomic E-state index is 0.0940. The third-order valence-corrected chi connectivity index (χ3v) is 3.89. The second-order valence-electron chi connectivity index (χ2n) is 4.53. The van der Waals surface area contributed by atoms with Gasteiger partial charge in [0.25, 0.3) is 5.91 Å². The van der Waals surface area contributed by atoms with Gasteiger partial charge in [-0.2, -0.15) is 0 Å². The molecular formula is C15H13N5OS. The molecule has 110 valence electrons.